The molecule has 1 aliphatic rings. The van der Waals surface area contributed by atoms with Gasteiger partial charge in [-0.3, -0.25) is 4.79 Å². The molecule has 1 atom stereocenters. The second-order valence-corrected chi connectivity index (χ2v) is 5.63. The Hall–Kier alpha value is -1.56. The molecule has 0 radical (unpaired) electrons. The van der Waals surface area contributed by atoms with E-state index in [0.717, 1.165) is 22.9 Å². The normalized spacial score (nSPS) is 17.0. The maximum atomic E-state index is 11.9. The van der Waals surface area contributed by atoms with E-state index < -0.39 is 0 Å². The maximum absolute atomic E-state index is 11.9. The number of nitrogens with two attached hydrogens (primary N) is 1. The topological polar surface area (TPSA) is 87.7 Å². The summed E-state index contributed by atoms with van der Waals surface area (Å²) < 4.78 is 0.976. The molecule has 1 saturated carbocycles. The molecular weight excluding hydrogens is 310 g/mol. The molecule has 102 valence electrons. The molecule has 19 heavy (non-hydrogen) atoms. The molecule has 0 aliphatic heterocycles. The molecule has 5 nitrogen and oxygen atoms in total. The number of carbonyl (C=O) groups excluding carboxylic acids is 1. The third kappa shape index (κ3) is 3.96. The quantitative estimate of drug-likeness (QED) is 0.333. The van der Waals surface area contributed by atoms with Crippen LogP contribution in [0.2, 0.25) is 0 Å². The van der Waals surface area contributed by atoms with E-state index in [9.17, 15) is 4.79 Å². The molecule has 1 fully saturated rings. The van der Waals surface area contributed by atoms with Crippen LogP contribution in [0.15, 0.2) is 33.9 Å². The fourth-order valence-corrected chi connectivity index (χ4v) is 2.20. The van der Waals surface area contributed by atoms with Gasteiger partial charge in [-0.1, -0.05) is 33.2 Å². The predicted octanol–water partition coefficient (Wildman–Crippen LogP) is 1.63. The highest BCUT2D eigenvalue weighted by Gasteiger charge is 2.35. The molecule has 0 heterocycles. The highest BCUT2D eigenvalue weighted by atomic mass is 79.9. The van der Waals surface area contributed by atoms with Crippen molar-refractivity contribution in [2.24, 2.45) is 16.8 Å². The molecule has 0 aromatic heterocycles. The minimum Gasteiger partial charge on any atom is -0.409 e. The lowest BCUT2D eigenvalue weighted by Gasteiger charge is -2.16. The lowest BCUT2D eigenvalue weighted by Crippen LogP contribution is -2.46. The van der Waals surface area contributed by atoms with E-state index in [1.54, 1.807) is 0 Å². The summed E-state index contributed by atoms with van der Waals surface area (Å²) in [4.78, 5) is 11.9. The molecule has 2 rings (SSSR count). The third-order valence-corrected chi connectivity index (χ3v) is 3.65. The number of halogens is 1. The summed E-state index contributed by atoms with van der Waals surface area (Å²) in [5.41, 5.74) is 6.52. The van der Waals surface area contributed by atoms with Gasteiger partial charge in [0, 0.05) is 4.47 Å². The Balaban J connectivity index is 1.94. The van der Waals surface area contributed by atoms with Crippen molar-refractivity contribution in [2.75, 3.05) is 0 Å². The van der Waals surface area contributed by atoms with E-state index in [1.807, 2.05) is 24.3 Å². The van der Waals surface area contributed by atoms with E-state index in [0.29, 0.717) is 5.92 Å². The number of hydrogen-bond donors (Lipinski definition) is 3. The Morgan fingerprint density at radius 2 is 2.11 bits per heavy atom. The Kier molecular flexibility index (Phi) is 4.42. The van der Waals surface area contributed by atoms with Crippen LogP contribution in [0, 0.1) is 5.92 Å². The van der Waals surface area contributed by atoms with Crippen molar-refractivity contribution in [2.45, 2.75) is 25.3 Å². The van der Waals surface area contributed by atoms with Crippen LogP contribution in [0.5, 0.6) is 0 Å². The zero-order chi connectivity index (χ0) is 13.8. The van der Waals surface area contributed by atoms with E-state index in [4.69, 9.17) is 10.9 Å². The molecule has 0 saturated heterocycles. The summed E-state index contributed by atoms with van der Waals surface area (Å²) in [7, 11) is 0. The van der Waals surface area contributed by atoms with Crippen molar-refractivity contribution < 1.29 is 10.0 Å². The third-order valence-electron chi connectivity index (χ3n) is 3.12. The summed E-state index contributed by atoms with van der Waals surface area (Å²) in [5.74, 6) is 0.252. The first-order valence-electron chi connectivity index (χ1n) is 6.11. The fourth-order valence-electron chi connectivity index (χ4n) is 1.94. The molecule has 1 amide bonds. The van der Waals surface area contributed by atoms with Crippen LogP contribution in [-0.4, -0.2) is 23.0 Å². The molecule has 1 aromatic carbocycles. The van der Waals surface area contributed by atoms with Gasteiger partial charge < -0.3 is 16.3 Å². The molecule has 6 heteroatoms. The van der Waals surface area contributed by atoms with Gasteiger partial charge in [-0.2, -0.15) is 0 Å². The fraction of sp³-hybridized carbons (Fsp3) is 0.385. The van der Waals surface area contributed by atoms with Gasteiger partial charge >= 0.3 is 0 Å². The number of nitrogens with zero attached hydrogens (tertiary/aromatic N) is 1. The zero-order valence-electron chi connectivity index (χ0n) is 10.3. The Labute approximate surface area is 120 Å². The number of hydrogen-bond acceptors (Lipinski definition) is 3. The van der Waals surface area contributed by atoms with Crippen LogP contribution < -0.4 is 11.1 Å². The van der Waals surface area contributed by atoms with Crippen LogP contribution in [0.4, 0.5) is 0 Å². The van der Waals surface area contributed by atoms with Gasteiger partial charge in [-0.15, -0.1) is 0 Å². The smallest absolute Gasteiger partial charge is 0.225 e. The van der Waals surface area contributed by atoms with E-state index in [2.05, 4.69) is 26.4 Å². The lowest BCUT2D eigenvalue weighted by molar-refractivity contribution is -0.120. The number of carbonyl (C=O) groups is 1. The van der Waals surface area contributed by atoms with Crippen molar-refractivity contribution in [1.29, 1.82) is 0 Å². The van der Waals surface area contributed by atoms with Gasteiger partial charge in [0.15, 0.2) is 5.84 Å². The summed E-state index contributed by atoms with van der Waals surface area (Å²) in [6, 6.07) is 7.21. The number of nitrogens with one attached hydrogen (secondary N) is 1. The summed E-state index contributed by atoms with van der Waals surface area (Å²) in [6.07, 6.45) is 2.29. The van der Waals surface area contributed by atoms with E-state index in [1.165, 1.54) is 0 Å². The number of rotatable bonds is 5. The van der Waals surface area contributed by atoms with Crippen molar-refractivity contribution in [1.82, 2.24) is 5.32 Å². The highest BCUT2D eigenvalue weighted by molar-refractivity contribution is 9.10. The zero-order valence-corrected chi connectivity index (χ0v) is 11.9. The molecule has 0 spiro atoms. The van der Waals surface area contributed by atoms with E-state index in [-0.39, 0.29) is 24.2 Å². The van der Waals surface area contributed by atoms with Gasteiger partial charge in [0.05, 0.1) is 12.5 Å². The molecular formula is C13H16BrN3O2. The first-order valence-corrected chi connectivity index (χ1v) is 6.90. The first-order chi connectivity index (χ1) is 9.10. The second-order valence-electron chi connectivity index (χ2n) is 4.71. The number of benzene rings is 1. The van der Waals surface area contributed by atoms with E-state index >= 15 is 0 Å². The minimum atomic E-state index is -0.354. The molecule has 1 aromatic rings. The van der Waals surface area contributed by atoms with Crippen LogP contribution in [0.3, 0.4) is 0 Å². The summed E-state index contributed by atoms with van der Waals surface area (Å²) >= 11 is 3.35. The monoisotopic (exact) mass is 325 g/mol. The lowest BCUT2D eigenvalue weighted by atomic mass is 10.1. The number of amides is 1. The van der Waals surface area contributed by atoms with Crippen molar-refractivity contribution in [3.8, 4) is 0 Å². The van der Waals surface area contributed by atoms with Crippen molar-refractivity contribution in [3.63, 3.8) is 0 Å². The Morgan fingerprint density at radius 1 is 1.47 bits per heavy atom. The van der Waals surface area contributed by atoms with Gasteiger partial charge in [-0.05, 0) is 36.5 Å². The molecule has 4 N–H and O–H groups in total. The standard InChI is InChI=1S/C13H16BrN3O2/c14-10-5-1-8(2-6-10)7-11(18)16-12(9-3-4-9)13(15)17-19/h1-2,5-6,9,12,19H,3-4,7H2,(H2,15,17)(H,16,18). The van der Waals surface area contributed by atoms with Crippen molar-refractivity contribution >= 4 is 27.7 Å². The molecule has 1 unspecified atom stereocenters. The average molecular weight is 326 g/mol. The molecule has 1 aliphatic carbocycles. The van der Waals surface area contributed by atoms with Gasteiger partial charge in [-0.25, -0.2) is 0 Å². The number of oxime groups is 1. The first kappa shape index (κ1) is 13.9. The van der Waals surface area contributed by atoms with Gasteiger partial charge in [0.1, 0.15) is 0 Å². The maximum Gasteiger partial charge on any atom is 0.225 e. The van der Waals surface area contributed by atoms with Crippen LogP contribution in [0.25, 0.3) is 0 Å². The minimum absolute atomic E-state index is 0.0756. The Bertz CT molecular complexity index is 483. The predicted molar refractivity (Wildman–Crippen MR) is 75.9 cm³/mol. The summed E-state index contributed by atoms with van der Waals surface area (Å²) in [5, 5.41) is 14.5. The van der Waals surface area contributed by atoms with Gasteiger partial charge in [0.25, 0.3) is 0 Å². The number of amidine groups is 1. The largest absolute Gasteiger partial charge is 0.409 e. The van der Waals surface area contributed by atoms with Crippen LogP contribution >= 0.6 is 15.9 Å². The second kappa shape index (κ2) is 6.06. The SMILES string of the molecule is NC(=NO)C(NC(=O)Cc1ccc(Br)cc1)C1CC1. The average Bonchev–Trinajstić information content (AvgIpc) is 3.22. The Morgan fingerprint density at radius 3 is 2.63 bits per heavy atom. The summed E-state index contributed by atoms with van der Waals surface area (Å²) in [6.45, 7) is 0. The molecule has 0 bridgehead atoms. The highest BCUT2D eigenvalue weighted by Crippen LogP contribution is 2.32. The van der Waals surface area contributed by atoms with Crippen molar-refractivity contribution in [3.05, 3.63) is 34.3 Å². The van der Waals surface area contributed by atoms with Crippen LogP contribution in [0.1, 0.15) is 18.4 Å². The van der Waals surface area contributed by atoms with Gasteiger partial charge in [0.2, 0.25) is 5.91 Å². The van der Waals surface area contributed by atoms with Crippen LogP contribution in [-0.2, 0) is 11.2 Å².